The van der Waals surface area contributed by atoms with Gasteiger partial charge in [-0.15, -0.1) is 0 Å². The van der Waals surface area contributed by atoms with E-state index >= 15 is 0 Å². The fourth-order valence-corrected chi connectivity index (χ4v) is 0.331. The summed E-state index contributed by atoms with van der Waals surface area (Å²) in [6.45, 7) is 7.86. The summed E-state index contributed by atoms with van der Waals surface area (Å²) < 4.78 is 9.68. The van der Waals surface area contributed by atoms with Gasteiger partial charge in [-0.25, -0.2) is 4.79 Å². The monoisotopic (exact) mass is 191 g/mol. The minimum atomic E-state index is -1.97. The first-order valence-electron chi connectivity index (χ1n) is 3.05. The van der Waals surface area contributed by atoms with E-state index in [1.54, 1.807) is 0 Å². The lowest BCUT2D eigenvalue weighted by molar-refractivity contribution is -0.132. The Bertz CT molecular complexity index is 186. The van der Waals surface area contributed by atoms with Crippen molar-refractivity contribution < 1.29 is 19.4 Å². The topological polar surface area (TPSA) is 74.6 Å². The van der Waals surface area contributed by atoms with Crippen molar-refractivity contribution >= 4 is 14.0 Å². The van der Waals surface area contributed by atoms with Gasteiger partial charge in [-0.3, -0.25) is 0 Å². The normalized spacial score (nSPS) is 9.00. The van der Waals surface area contributed by atoms with Crippen molar-refractivity contribution in [1.29, 1.82) is 0 Å². The Balaban J connectivity index is 0. The summed E-state index contributed by atoms with van der Waals surface area (Å²) in [5.74, 6) is -0.935. The molecule has 0 saturated heterocycles. The highest BCUT2D eigenvalue weighted by Gasteiger charge is 2.01. The van der Waals surface area contributed by atoms with E-state index in [-0.39, 0.29) is 11.7 Å². The molecule has 68 valence electrons. The Morgan fingerprint density at radius 1 is 1.67 bits per heavy atom. The molecule has 2 N–H and O–H groups in total. The van der Waals surface area contributed by atoms with E-state index in [1.165, 1.54) is 13.0 Å². The van der Waals surface area contributed by atoms with Crippen LogP contribution in [0.1, 0.15) is 6.92 Å². The number of carbonyl (C=O) groups is 1. The van der Waals surface area contributed by atoms with Gasteiger partial charge in [-0.2, -0.15) is 4.89 Å². The average molecular weight is 191 g/mol. The number of carboxylic acid groups (broad SMARTS) is 1. The van der Waals surface area contributed by atoms with Crippen LogP contribution in [-0.2, 0) is 9.36 Å². The Labute approximate surface area is 72.1 Å². The standard InChI is InChI=1S/C4H6O2.C3H5O2P/c1-3(2)4(5)6;1-2-3-6(4)5/h1H2,2H3,(H,5,6);2H,1,3H2/p+1. The van der Waals surface area contributed by atoms with E-state index in [1.807, 2.05) is 0 Å². The third kappa shape index (κ3) is 16.0. The molecule has 0 radical (unpaired) electrons. The van der Waals surface area contributed by atoms with Crippen LogP contribution < -0.4 is 0 Å². The summed E-state index contributed by atoms with van der Waals surface area (Å²) in [5, 5.41) is 7.89. The zero-order valence-corrected chi connectivity index (χ0v) is 7.75. The molecule has 0 aliphatic carbocycles. The quantitative estimate of drug-likeness (QED) is 0.403. The molecular weight excluding hydrogens is 179 g/mol. The predicted octanol–water partition coefficient (Wildman–Crippen LogP) is 1.55. The first kappa shape index (κ1) is 13.6. The maximum absolute atomic E-state index is 9.68. The fourth-order valence-electron chi connectivity index (χ4n) is 0.110. The number of aliphatic carboxylic acids is 1. The molecule has 0 saturated carbocycles. The second kappa shape index (κ2) is 8.11. The molecule has 0 aromatic rings. The number of hydrogen-bond donors (Lipinski definition) is 2. The van der Waals surface area contributed by atoms with Crippen LogP contribution in [0.4, 0.5) is 0 Å². The predicted molar refractivity (Wildman–Crippen MR) is 47.3 cm³/mol. The number of carboxylic acids is 1. The molecule has 1 unspecified atom stereocenters. The summed E-state index contributed by atoms with van der Waals surface area (Å²) in [5.41, 5.74) is 0.176. The van der Waals surface area contributed by atoms with Crippen LogP contribution in [0.2, 0.25) is 0 Å². The highest BCUT2D eigenvalue weighted by atomic mass is 31.1. The number of rotatable bonds is 3. The van der Waals surface area contributed by atoms with Crippen LogP contribution in [0.25, 0.3) is 0 Å². The zero-order chi connectivity index (χ0) is 10.1. The van der Waals surface area contributed by atoms with Gasteiger partial charge < -0.3 is 5.11 Å². The summed E-state index contributed by atoms with van der Waals surface area (Å²) in [6, 6.07) is 0. The van der Waals surface area contributed by atoms with Crippen molar-refractivity contribution in [2.45, 2.75) is 6.92 Å². The third-order valence-electron chi connectivity index (χ3n) is 0.650. The molecule has 0 rings (SSSR count). The molecule has 0 aliphatic rings. The molecule has 0 aliphatic heterocycles. The molecule has 0 aromatic carbocycles. The Kier molecular flexibility index (Phi) is 9.18. The Morgan fingerprint density at radius 2 is 2.00 bits per heavy atom. The maximum atomic E-state index is 9.68. The molecule has 0 amide bonds. The zero-order valence-electron chi connectivity index (χ0n) is 6.86. The summed E-state index contributed by atoms with van der Waals surface area (Å²) in [4.78, 5) is 17.6. The van der Waals surface area contributed by atoms with Crippen LogP contribution in [0.15, 0.2) is 24.8 Å². The van der Waals surface area contributed by atoms with Crippen LogP contribution >= 0.6 is 8.03 Å². The van der Waals surface area contributed by atoms with Gasteiger partial charge in [0.05, 0.1) is 0 Å². The van der Waals surface area contributed by atoms with Gasteiger partial charge in [0.2, 0.25) is 0 Å². The second-order valence-corrected chi connectivity index (χ2v) is 2.98. The summed E-state index contributed by atoms with van der Waals surface area (Å²) in [6.07, 6.45) is 1.62. The van der Waals surface area contributed by atoms with Gasteiger partial charge in [0.25, 0.3) is 0 Å². The van der Waals surface area contributed by atoms with Crippen LogP contribution in [-0.4, -0.2) is 22.1 Å². The minimum Gasteiger partial charge on any atom is -0.478 e. The second-order valence-electron chi connectivity index (χ2n) is 1.91. The van der Waals surface area contributed by atoms with Crippen LogP contribution in [0.3, 0.4) is 0 Å². The van der Waals surface area contributed by atoms with E-state index in [0.29, 0.717) is 0 Å². The van der Waals surface area contributed by atoms with Crippen molar-refractivity contribution in [2.24, 2.45) is 0 Å². The van der Waals surface area contributed by atoms with Crippen LogP contribution in [0.5, 0.6) is 0 Å². The van der Waals surface area contributed by atoms with Gasteiger partial charge in [0, 0.05) is 5.57 Å². The molecule has 0 bridgehead atoms. The smallest absolute Gasteiger partial charge is 0.478 e. The highest BCUT2D eigenvalue weighted by molar-refractivity contribution is 7.38. The van der Waals surface area contributed by atoms with Gasteiger partial charge in [0.15, 0.2) is 6.16 Å². The molecule has 1 atom stereocenters. The van der Waals surface area contributed by atoms with E-state index < -0.39 is 14.0 Å². The van der Waals surface area contributed by atoms with Gasteiger partial charge in [0.1, 0.15) is 0 Å². The molecule has 4 nitrogen and oxygen atoms in total. The van der Waals surface area contributed by atoms with E-state index in [0.717, 1.165) is 0 Å². The first-order chi connectivity index (χ1) is 5.41. The molecule has 0 heterocycles. The lowest BCUT2D eigenvalue weighted by Crippen LogP contribution is -1.92. The lowest BCUT2D eigenvalue weighted by Gasteiger charge is -1.79. The molecule has 0 spiro atoms. The summed E-state index contributed by atoms with van der Waals surface area (Å²) >= 11 is 0. The number of allylic oxidation sites excluding steroid dienone is 1. The molecule has 0 aromatic heterocycles. The van der Waals surface area contributed by atoms with E-state index in [4.69, 9.17) is 10.00 Å². The minimum absolute atomic E-state index is 0.176. The lowest BCUT2D eigenvalue weighted by atomic mass is 10.4. The number of hydrogen-bond acceptors (Lipinski definition) is 2. The first-order valence-corrected chi connectivity index (χ1v) is 4.44. The highest BCUT2D eigenvalue weighted by Crippen LogP contribution is 2.10. The SMILES string of the molecule is C=C(C)C(=O)O.C=CC[P+](=O)O. The Hall–Kier alpha value is -0.990. The third-order valence-corrected chi connectivity index (χ3v) is 1.22. The Morgan fingerprint density at radius 3 is 2.00 bits per heavy atom. The molecular formula is C7H12O4P+. The van der Waals surface area contributed by atoms with Crippen molar-refractivity contribution in [2.75, 3.05) is 6.16 Å². The van der Waals surface area contributed by atoms with Crippen molar-refractivity contribution in [3.63, 3.8) is 0 Å². The van der Waals surface area contributed by atoms with Crippen LogP contribution in [0, 0.1) is 0 Å². The van der Waals surface area contributed by atoms with Gasteiger partial charge >= 0.3 is 14.0 Å². The van der Waals surface area contributed by atoms with Gasteiger partial charge in [-0.05, 0) is 17.6 Å². The largest absolute Gasteiger partial charge is 0.509 e. The van der Waals surface area contributed by atoms with Gasteiger partial charge in [-0.1, -0.05) is 13.2 Å². The summed E-state index contributed by atoms with van der Waals surface area (Å²) in [7, 11) is -1.97. The molecule has 0 fully saturated rings. The maximum Gasteiger partial charge on any atom is 0.509 e. The van der Waals surface area contributed by atoms with E-state index in [9.17, 15) is 9.36 Å². The average Bonchev–Trinajstić information content (AvgIpc) is 1.87. The molecule has 12 heavy (non-hydrogen) atoms. The van der Waals surface area contributed by atoms with E-state index in [2.05, 4.69) is 13.2 Å². The molecule has 5 heteroatoms. The van der Waals surface area contributed by atoms with Crippen molar-refractivity contribution in [3.05, 3.63) is 24.8 Å². The fraction of sp³-hybridized carbons (Fsp3) is 0.286. The van der Waals surface area contributed by atoms with Crippen molar-refractivity contribution in [1.82, 2.24) is 0 Å². The van der Waals surface area contributed by atoms with Crippen molar-refractivity contribution in [3.8, 4) is 0 Å².